The van der Waals surface area contributed by atoms with Crippen LogP contribution in [-0.4, -0.2) is 22.1 Å². The molecule has 1 aromatic rings. The fraction of sp³-hybridized carbons (Fsp3) is 0.600. The summed E-state index contributed by atoms with van der Waals surface area (Å²) in [7, 11) is 0. The summed E-state index contributed by atoms with van der Waals surface area (Å²) in [6.07, 6.45) is 0.409. The minimum Gasteiger partial charge on any atom is -0.354 e. The molecule has 1 rings (SSSR count). The third-order valence-electron chi connectivity index (χ3n) is 2.07. The lowest BCUT2D eigenvalue weighted by atomic mass is 10.1. The lowest BCUT2D eigenvalue weighted by molar-refractivity contribution is -0.120. The molecule has 0 aliphatic heterocycles. The SMILES string of the molecule is Cc1n[nH]c(C)c1CC(=O)NC(C)C. The summed E-state index contributed by atoms with van der Waals surface area (Å²) in [5.74, 6) is 0.0487. The van der Waals surface area contributed by atoms with Crippen molar-refractivity contribution >= 4 is 5.91 Å². The minimum absolute atomic E-state index is 0.0487. The highest BCUT2D eigenvalue weighted by Gasteiger charge is 2.11. The maximum Gasteiger partial charge on any atom is 0.224 e. The van der Waals surface area contributed by atoms with Gasteiger partial charge in [0.1, 0.15) is 0 Å². The van der Waals surface area contributed by atoms with E-state index < -0.39 is 0 Å². The Balaban J connectivity index is 2.64. The molecule has 0 unspecified atom stereocenters. The summed E-state index contributed by atoms with van der Waals surface area (Å²) in [5.41, 5.74) is 2.88. The van der Waals surface area contributed by atoms with Crippen molar-refractivity contribution in [3.8, 4) is 0 Å². The van der Waals surface area contributed by atoms with E-state index in [0.29, 0.717) is 6.42 Å². The van der Waals surface area contributed by atoms with Crippen LogP contribution in [-0.2, 0) is 11.2 Å². The first-order valence-electron chi connectivity index (χ1n) is 4.80. The molecule has 0 fully saturated rings. The molecule has 0 saturated carbocycles. The van der Waals surface area contributed by atoms with Gasteiger partial charge in [0.15, 0.2) is 0 Å². The van der Waals surface area contributed by atoms with Crippen molar-refractivity contribution in [3.63, 3.8) is 0 Å². The molecule has 0 radical (unpaired) electrons. The Morgan fingerprint density at radius 1 is 1.50 bits per heavy atom. The van der Waals surface area contributed by atoms with Crippen molar-refractivity contribution in [1.82, 2.24) is 15.5 Å². The van der Waals surface area contributed by atoms with E-state index in [1.807, 2.05) is 27.7 Å². The van der Waals surface area contributed by atoms with Gasteiger partial charge in [0.25, 0.3) is 0 Å². The van der Waals surface area contributed by atoms with Gasteiger partial charge in [0.2, 0.25) is 5.91 Å². The van der Waals surface area contributed by atoms with Gasteiger partial charge in [0.05, 0.1) is 12.1 Å². The largest absolute Gasteiger partial charge is 0.354 e. The van der Waals surface area contributed by atoms with Crippen LogP contribution < -0.4 is 5.32 Å². The summed E-state index contributed by atoms with van der Waals surface area (Å²) < 4.78 is 0. The maximum atomic E-state index is 11.5. The van der Waals surface area contributed by atoms with Crippen molar-refractivity contribution in [2.24, 2.45) is 0 Å². The molecule has 1 heterocycles. The van der Waals surface area contributed by atoms with Gasteiger partial charge in [-0.25, -0.2) is 0 Å². The molecule has 4 heteroatoms. The van der Waals surface area contributed by atoms with E-state index in [2.05, 4.69) is 15.5 Å². The van der Waals surface area contributed by atoms with Crippen molar-refractivity contribution in [2.45, 2.75) is 40.2 Å². The average molecular weight is 195 g/mol. The molecule has 14 heavy (non-hydrogen) atoms. The van der Waals surface area contributed by atoms with Crippen molar-refractivity contribution in [1.29, 1.82) is 0 Å². The van der Waals surface area contributed by atoms with Crippen LogP contribution in [0.1, 0.15) is 30.8 Å². The molecule has 1 amide bonds. The summed E-state index contributed by atoms with van der Waals surface area (Å²) in [6.45, 7) is 7.74. The molecular formula is C10H17N3O. The van der Waals surface area contributed by atoms with Crippen molar-refractivity contribution < 1.29 is 4.79 Å². The maximum absolute atomic E-state index is 11.5. The Morgan fingerprint density at radius 3 is 2.57 bits per heavy atom. The molecule has 78 valence electrons. The molecule has 4 nitrogen and oxygen atoms in total. The van der Waals surface area contributed by atoms with Crippen molar-refractivity contribution in [3.05, 3.63) is 17.0 Å². The third-order valence-corrected chi connectivity index (χ3v) is 2.07. The molecule has 0 aromatic carbocycles. The first-order valence-corrected chi connectivity index (χ1v) is 4.80. The number of nitrogens with one attached hydrogen (secondary N) is 2. The smallest absolute Gasteiger partial charge is 0.224 e. The summed E-state index contributed by atoms with van der Waals surface area (Å²) in [6, 6.07) is 0.190. The molecule has 0 aliphatic carbocycles. The summed E-state index contributed by atoms with van der Waals surface area (Å²) >= 11 is 0. The normalized spacial score (nSPS) is 10.6. The zero-order valence-electron chi connectivity index (χ0n) is 9.14. The number of aryl methyl sites for hydroxylation is 2. The van der Waals surface area contributed by atoms with E-state index in [1.54, 1.807) is 0 Å². The van der Waals surface area contributed by atoms with Gasteiger partial charge in [-0.05, 0) is 27.7 Å². The van der Waals surface area contributed by atoms with Gasteiger partial charge < -0.3 is 5.32 Å². The second kappa shape index (κ2) is 4.26. The molecule has 2 N–H and O–H groups in total. The summed E-state index contributed by atoms with van der Waals surface area (Å²) in [5, 5.41) is 9.76. The second-order valence-corrected chi connectivity index (χ2v) is 3.81. The standard InChI is InChI=1S/C10H17N3O/c1-6(2)11-10(14)5-9-7(3)12-13-8(9)4/h6H,5H2,1-4H3,(H,11,14)(H,12,13). The molecular weight excluding hydrogens is 178 g/mol. The second-order valence-electron chi connectivity index (χ2n) is 3.81. The Morgan fingerprint density at radius 2 is 2.14 bits per heavy atom. The Hall–Kier alpha value is -1.32. The number of carbonyl (C=O) groups excluding carboxylic acids is 1. The van der Waals surface area contributed by atoms with Crippen LogP contribution in [0.5, 0.6) is 0 Å². The van der Waals surface area contributed by atoms with Gasteiger partial charge in [0, 0.05) is 17.3 Å². The average Bonchev–Trinajstić information content (AvgIpc) is 2.34. The molecule has 0 atom stereocenters. The first kappa shape index (κ1) is 10.8. The van der Waals surface area contributed by atoms with Crippen molar-refractivity contribution in [2.75, 3.05) is 0 Å². The van der Waals surface area contributed by atoms with Crippen LogP contribution in [0.3, 0.4) is 0 Å². The fourth-order valence-electron chi connectivity index (χ4n) is 1.37. The Bertz CT molecular complexity index is 309. The van der Waals surface area contributed by atoms with Crippen LogP contribution in [0.2, 0.25) is 0 Å². The highest BCUT2D eigenvalue weighted by atomic mass is 16.1. The number of H-pyrrole nitrogens is 1. The van der Waals surface area contributed by atoms with Gasteiger partial charge in [-0.3, -0.25) is 9.89 Å². The predicted octanol–water partition coefficient (Wildman–Crippen LogP) is 1.09. The molecule has 0 bridgehead atoms. The molecule has 0 saturated heterocycles. The topological polar surface area (TPSA) is 57.8 Å². The summed E-state index contributed by atoms with van der Waals surface area (Å²) in [4.78, 5) is 11.5. The van der Waals surface area contributed by atoms with Crippen LogP contribution in [0.4, 0.5) is 0 Å². The molecule has 0 aliphatic rings. The number of nitrogens with zero attached hydrogens (tertiary/aromatic N) is 1. The van der Waals surface area contributed by atoms with E-state index in [1.165, 1.54) is 0 Å². The molecule has 0 spiro atoms. The zero-order valence-corrected chi connectivity index (χ0v) is 9.14. The van der Waals surface area contributed by atoms with E-state index in [0.717, 1.165) is 17.0 Å². The Labute approximate surface area is 84.1 Å². The number of carbonyl (C=O) groups is 1. The minimum atomic E-state index is 0.0487. The van der Waals surface area contributed by atoms with Crippen LogP contribution >= 0.6 is 0 Å². The predicted molar refractivity (Wildman–Crippen MR) is 55.0 cm³/mol. The highest BCUT2D eigenvalue weighted by Crippen LogP contribution is 2.09. The number of hydrogen-bond acceptors (Lipinski definition) is 2. The zero-order chi connectivity index (χ0) is 10.7. The van der Waals surface area contributed by atoms with Crippen LogP contribution in [0, 0.1) is 13.8 Å². The van der Waals surface area contributed by atoms with Crippen LogP contribution in [0.15, 0.2) is 0 Å². The molecule has 1 aromatic heterocycles. The lowest BCUT2D eigenvalue weighted by Gasteiger charge is -2.07. The van der Waals surface area contributed by atoms with Gasteiger partial charge in [-0.2, -0.15) is 5.10 Å². The quantitative estimate of drug-likeness (QED) is 0.758. The van der Waals surface area contributed by atoms with E-state index in [4.69, 9.17) is 0 Å². The van der Waals surface area contributed by atoms with Gasteiger partial charge in [-0.1, -0.05) is 0 Å². The van der Waals surface area contributed by atoms with E-state index in [-0.39, 0.29) is 11.9 Å². The Kier molecular flexibility index (Phi) is 3.28. The number of aromatic amines is 1. The number of amides is 1. The number of aromatic nitrogens is 2. The van der Waals surface area contributed by atoms with E-state index in [9.17, 15) is 4.79 Å². The van der Waals surface area contributed by atoms with Crippen LogP contribution in [0.25, 0.3) is 0 Å². The fourth-order valence-corrected chi connectivity index (χ4v) is 1.37. The monoisotopic (exact) mass is 195 g/mol. The third kappa shape index (κ3) is 2.58. The number of hydrogen-bond donors (Lipinski definition) is 2. The van der Waals surface area contributed by atoms with E-state index >= 15 is 0 Å². The lowest BCUT2D eigenvalue weighted by Crippen LogP contribution is -2.31. The number of rotatable bonds is 3. The van der Waals surface area contributed by atoms with Gasteiger partial charge in [-0.15, -0.1) is 0 Å². The first-order chi connectivity index (χ1) is 6.50. The highest BCUT2D eigenvalue weighted by molar-refractivity contribution is 5.79. The van der Waals surface area contributed by atoms with Gasteiger partial charge >= 0.3 is 0 Å².